The van der Waals surface area contributed by atoms with Crippen LogP contribution in [0.5, 0.6) is 0 Å². The number of carbonyl (C=O) groups excluding carboxylic acids is 1. The highest BCUT2D eigenvalue weighted by atomic mass is 32.2. The van der Waals surface area contributed by atoms with Crippen LogP contribution >= 0.6 is 11.3 Å². The van der Waals surface area contributed by atoms with Gasteiger partial charge in [0.05, 0.1) is 57.2 Å². The van der Waals surface area contributed by atoms with E-state index in [-0.39, 0.29) is 35.1 Å². The molecule has 3 aromatic rings. The van der Waals surface area contributed by atoms with Gasteiger partial charge in [-0.25, -0.2) is 18.4 Å². The highest BCUT2D eigenvalue weighted by molar-refractivity contribution is 7.91. The maximum absolute atomic E-state index is 13.0. The van der Waals surface area contributed by atoms with Crippen LogP contribution in [0.25, 0.3) is 10.2 Å². The van der Waals surface area contributed by atoms with Crippen molar-refractivity contribution < 1.29 is 17.9 Å². The first-order valence-electron chi connectivity index (χ1n) is 10.5. The summed E-state index contributed by atoms with van der Waals surface area (Å²) in [5.41, 5.74) is 2.76. The molecule has 2 fully saturated rings. The summed E-state index contributed by atoms with van der Waals surface area (Å²) >= 11 is 1.29. The van der Waals surface area contributed by atoms with Crippen molar-refractivity contribution >= 4 is 43.1 Å². The summed E-state index contributed by atoms with van der Waals surface area (Å²) in [5.74, 6) is 0.325. The number of benzene rings is 1. The third-order valence-electron chi connectivity index (χ3n) is 6.00. The van der Waals surface area contributed by atoms with Gasteiger partial charge in [0.1, 0.15) is 11.9 Å². The fraction of sp³-hybridized carbons (Fsp3) is 0.364. The third kappa shape index (κ3) is 4.17. The smallest absolute Gasteiger partial charge is 0.223 e. The molecule has 2 unspecified atom stereocenters. The van der Waals surface area contributed by atoms with E-state index in [1.54, 1.807) is 34.7 Å². The van der Waals surface area contributed by atoms with Crippen molar-refractivity contribution in [3.05, 3.63) is 47.6 Å². The van der Waals surface area contributed by atoms with E-state index in [0.29, 0.717) is 42.1 Å². The Hall–Kier alpha value is -3.07. The molecule has 0 N–H and O–H groups in total. The Bertz CT molecular complexity index is 1320. The molecule has 0 spiro atoms. The number of nitriles is 1. The van der Waals surface area contributed by atoms with Crippen LogP contribution in [0.3, 0.4) is 0 Å². The van der Waals surface area contributed by atoms with Crippen LogP contribution < -0.4 is 4.90 Å². The van der Waals surface area contributed by atoms with Crippen LogP contribution in [-0.2, 0) is 19.4 Å². The summed E-state index contributed by atoms with van der Waals surface area (Å²) in [6.45, 7) is 1.77. The Morgan fingerprint density at radius 3 is 2.67 bits per heavy atom. The predicted molar refractivity (Wildman–Crippen MR) is 123 cm³/mol. The third-order valence-corrected chi connectivity index (χ3v) is 8.76. The lowest BCUT2D eigenvalue weighted by molar-refractivity contribution is -0.134. The largest absolute Gasteiger partial charge is 0.377 e. The van der Waals surface area contributed by atoms with Crippen LogP contribution in [0.2, 0.25) is 0 Å². The van der Waals surface area contributed by atoms with E-state index in [2.05, 4.69) is 20.9 Å². The number of sulfone groups is 1. The Morgan fingerprint density at radius 1 is 1.18 bits per heavy atom. The monoisotopic (exact) mass is 483 g/mol. The lowest BCUT2D eigenvalue weighted by Gasteiger charge is -2.50. The Balaban J connectivity index is 1.27. The molecule has 11 heteroatoms. The Morgan fingerprint density at radius 2 is 1.97 bits per heavy atom. The molecule has 2 aliphatic heterocycles. The number of piperazine rings is 1. The molecule has 0 saturated carbocycles. The van der Waals surface area contributed by atoms with Crippen molar-refractivity contribution in [3.8, 4) is 6.07 Å². The van der Waals surface area contributed by atoms with Crippen molar-refractivity contribution in [1.82, 2.24) is 14.9 Å². The molecule has 0 radical (unpaired) electrons. The van der Waals surface area contributed by atoms with Crippen LogP contribution in [0.15, 0.2) is 46.9 Å². The summed E-state index contributed by atoms with van der Waals surface area (Å²) in [6, 6.07) is 10.5. The first-order valence-corrected chi connectivity index (χ1v) is 13.0. The molecule has 2 atom stereocenters. The minimum atomic E-state index is -3.62. The maximum atomic E-state index is 13.0. The Labute approximate surface area is 195 Å². The topological polar surface area (TPSA) is 116 Å². The minimum Gasteiger partial charge on any atom is -0.377 e. The molecule has 2 aliphatic rings. The fourth-order valence-electron chi connectivity index (χ4n) is 4.44. The SMILES string of the molecule is N#Cc1ccc(N2C3COCC2CN(C(=O)CCS(=O)(=O)c2cccc4ncsc24)C3)nc1. The predicted octanol–water partition coefficient (Wildman–Crippen LogP) is 1.84. The van der Waals surface area contributed by atoms with E-state index in [9.17, 15) is 13.2 Å². The number of rotatable bonds is 5. The molecular weight excluding hydrogens is 462 g/mol. The van der Waals surface area contributed by atoms with Crippen molar-refractivity contribution in [2.75, 3.05) is 37.0 Å². The van der Waals surface area contributed by atoms with Crippen molar-refractivity contribution in [2.45, 2.75) is 23.4 Å². The zero-order chi connectivity index (χ0) is 23.0. The van der Waals surface area contributed by atoms with Crippen LogP contribution in [-0.4, -0.2) is 73.3 Å². The number of ether oxygens (including phenoxy) is 1. The number of pyridine rings is 1. The molecule has 2 saturated heterocycles. The van der Waals surface area contributed by atoms with Gasteiger partial charge in [-0.15, -0.1) is 11.3 Å². The molecule has 2 bridgehead atoms. The number of morpholine rings is 1. The molecule has 5 rings (SSSR count). The van der Waals surface area contributed by atoms with Gasteiger partial charge in [0, 0.05) is 25.7 Å². The molecule has 1 aromatic carbocycles. The summed E-state index contributed by atoms with van der Waals surface area (Å²) in [4.78, 5) is 25.7. The summed E-state index contributed by atoms with van der Waals surface area (Å²) in [6.07, 6.45) is 1.46. The van der Waals surface area contributed by atoms with E-state index < -0.39 is 9.84 Å². The molecule has 9 nitrogen and oxygen atoms in total. The zero-order valence-corrected chi connectivity index (χ0v) is 19.3. The number of hydrogen-bond acceptors (Lipinski definition) is 9. The number of amides is 1. The molecule has 2 aromatic heterocycles. The molecular formula is C22H21N5O4S2. The zero-order valence-electron chi connectivity index (χ0n) is 17.6. The van der Waals surface area contributed by atoms with Gasteiger partial charge in [-0.3, -0.25) is 4.79 Å². The van der Waals surface area contributed by atoms with Crippen molar-refractivity contribution in [2.24, 2.45) is 0 Å². The van der Waals surface area contributed by atoms with E-state index in [0.717, 1.165) is 5.82 Å². The van der Waals surface area contributed by atoms with Gasteiger partial charge in [0.25, 0.3) is 0 Å². The highest BCUT2D eigenvalue weighted by Gasteiger charge is 2.40. The Kier molecular flexibility index (Phi) is 5.74. The molecule has 170 valence electrons. The maximum Gasteiger partial charge on any atom is 0.223 e. The van der Waals surface area contributed by atoms with E-state index in [1.165, 1.54) is 17.5 Å². The number of fused-ring (bicyclic) bond motifs is 3. The summed E-state index contributed by atoms with van der Waals surface area (Å²) in [7, 11) is -3.62. The number of anilines is 1. The second kappa shape index (κ2) is 8.70. The second-order valence-electron chi connectivity index (χ2n) is 8.09. The normalized spacial score (nSPS) is 20.6. The average molecular weight is 484 g/mol. The first kappa shape index (κ1) is 21.8. The van der Waals surface area contributed by atoms with E-state index >= 15 is 0 Å². The van der Waals surface area contributed by atoms with Crippen molar-refractivity contribution in [1.29, 1.82) is 5.26 Å². The van der Waals surface area contributed by atoms with Gasteiger partial charge in [0.2, 0.25) is 5.91 Å². The van der Waals surface area contributed by atoms with Crippen LogP contribution in [0.1, 0.15) is 12.0 Å². The molecule has 4 heterocycles. The molecule has 33 heavy (non-hydrogen) atoms. The number of nitrogens with zero attached hydrogens (tertiary/aromatic N) is 5. The lowest BCUT2D eigenvalue weighted by atomic mass is 10.0. The quantitative estimate of drug-likeness (QED) is 0.540. The number of hydrogen-bond donors (Lipinski definition) is 0. The number of carbonyl (C=O) groups is 1. The van der Waals surface area contributed by atoms with Crippen molar-refractivity contribution in [3.63, 3.8) is 0 Å². The molecule has 1 amide bonds. The standard InChI is InChI=1S/C22H21N5O4S2/c23-8-15-4-5-20(24-9-15)27-16-10-26(11-17(27)13-31-12-16)21(28)6-7-33(29,30)19-3-1-2-18-22(19)32-14-25-18/h1-5,9,14,16-17H,6-7,10-13H2. The van der Waals surface area contributed by atoms with Gasteiger partial charge in [-0.05, 0) is 24.3 Å². The summed E-state index contributed by atoms with van der Waals surface area (Å²) < 4.78 is 32.3. The average Bonchev–Trinajstić information content (AvgIpc) is 3.31. The first-order chi connectivity index (χ1) is 16.0. The number of aromatic nitrogens is 2. The fourth-order valence-corrected chi connectivity index (χ4v) is 7.00. The van der Waals surface area contributed by atoms with Gasteiger partial charge in [-0.1, -0.05) is 6.07 Å². The molecule has 0 aliphatic carbocycles. The minimum absolute atomic E-state index is 0.0765. The number of thiazole rings is 1. The summed E-state index contributed by atoms with van der Waals surface area (Å²) in [5, 5.41) is 9.00. The van der Waals surface area contributed by atoms with Gasteiger partial charge < -0.3 is 14.5 Å². The van der Waals surface area contributed by atoms with Gasteiger partial charge in [-0.2, -0.15) is 5.26 Å². The van der Waals surface area contributed by atoms with Crippen LogP contribution in [0, 0.1) is 11.3 Å². The highest BCUT2D eigenvalue weighted by Crippen LogP contribution is 2.29. The van der Waals surface area contributed by atoms with Gasteiger partial charge in [0.15, 0.2) is 9.84 Å². The van der Waals surface area contributed by atoms with Crippen LogP contribution in [0.4, 0.5) is 5.82 Å². The lowest BCUT2D eigenvalue weighted by Crippen LogP contribution is -2.66. The van der Waals surface area contributed by atoms with E-state index in [4.69, 9.17) is 10.00 Å². The van der Waals surface area contributed by atoms with E-state index in [1.807, 2.05) is 6.07 Å². The second-order valence-corrected chi connectivity index (χ2v) is 11.0. The van der Waals surface area contributed by atoms with Gasteiger partial charge >= 0.3 is 0 Å².